The van der Waals surface area contributed by atoms with E-state index in [1.165, 1.54) is 30.9 Å². The highest BCUT2D eigenvalue weighted by Gasteiger charge is 2.31. The highest BCUT2D eigenvalue weighted by Crippen LogP contribution is 2.42. The Morgan fingerprint density at radius 1 is 1.24 bits per heavy atom. The van der Waals surface area contributed by atoms with Crippen LogP contribution in [0.25, 0.3) is 10.9 Å². The van der Waals surface area contributed by atoms with Gasteiger partial charge in [0.25, 0.3) is 5.91 Å². The molecule has 4 heterocycles. The van der Waals surface area contributed by atoms with E-state index in [1.54, 1.807) is 0 Å². The second kappa shape index (κ2) is 8.32. The first kappa shape index (κ1) is 21.1. The van der Waals surface area contributed by atoms with E-state index in [9.17, 15) is 9.59 Å². The summed E-state index contributed by atoms with van der Waals surface area (Å²) in [5, 5.41) is 0.110. The Hall–Kier alpha value is -3.73. The maximum atomic E-state index is 15.4. The van der Waals surface area contributed by atoms with Crippen molar-refractivity contribution in [3.63, 3.8) is 0 Å². The summed E-state index contributed by atoms with van der Waals surface area (Å²) in [5.74, 6) is -0.509. The van der Waals surface area contributed by atoms with Gasteiger partial charge in [-0.25, -0.2) is 9.37 Å². The van der Waals surface area contributed by atoms with Crippen LogP contribution in [0.15, 0.2) is 35.6 Å². The van der Waals surface area contributed by atoms with Gasteiger partial charge < -0.3 is 19.1 Å². The molecule has 5 rings (SSSR count). The van der Waals surface area contributed by atoms with Crippen molar-refractivity contribution in [1.82, 2.24) is 24.9 Å². The smallest absolute Gasteiger partial charge is 0.275 e. The Kier molecular flexibility index (Phi) is 5.33. The first-order valence-electron chi connectivity index (χ1n) is 10.7. The highest BCUT2D eigenvalue weighted by atomic mass is 19.1. The number of pyridine rings is 1. The lowest BCUT2D eigenvalue weighted by molar-refractivity contribution is 0.0960. The summed E-state index contributed by atoms with van der Waals surface area (Å²) in [6.07, 6.45) is 5.91. The van der Waals surface area contributed by atoms with Crippen molar-refractivity contribution in [3.05, 3.63) is 52.5 Å². The number of halogens is 1. The van der Waals surface area contributed by atoms with Crippen molar-refractivity contribution < 1.29 is 13.9 Å². The summed E-state index contributed by atoms with van der Waals surface area (Å²) >= 11 is 0. The van der Waals surface area contributed by atoms with Gasteiger partial charge in [0.15, 0.2) is 17.4 Å². The Labute approximate surface area is 189 Å². The van der Waals surface area contributed by atoms with Crippen LogP contribution >= 0.6 is 0 Å². The summed E-state index contributed by atoms with van der Waals surface area (Å²) < 4.78 is 23.2. The summed E-state index contributed by atoms with van der Waals surface area (Å²) in [4.78, 5) is 38.1. The van der Waals surface area contributed by atoms with E-state index < -0.39 is 17.2 Å². The van der Waals surface area contributed by atoms with Gasteiger partial charge in [-0.2, -0.15) is 0 Å². The molecule has 2 aromatic heterocycles. The second-order valence-electron chi connectivity index (χ2n) is 8.33. The lowest BCUT2D eigenvalue weighted by Gasteiger charge is -2.37. The third-order valence-corrected chi connectivity index (χ3v) is 6.07. The first-order valence-corrected chi connectivity index (χ1v) is 10.7. The lowest BCUT2D eigenvalue weighted by atomic mass is 10.0. The van der Waals surface area contributed by atoms with Crippen LogP contribution in [0.1, 0.15) is 23.3 Å². The fraction of sp³-hybridized carbons (Fsp3) is 0.364. The Morgan fingerprint density at radius 2 is 2.03 bits per heavy atom. The molecule has 1 saturated heterocycles. The molecule has 0 saturated carbocycles. The van der Waals surface area contributed by atoms with Gasteiger partial charge in [0.1, 0.15) is 17.9 Å². The number of nitrogens with zero attached hydrogens (tertiary/aromatic N) is 5. The number of rotatable bonds is 4. The van der Waals surface area contributed by atoms with E-state index in [2.05, 4.69) is 25.7 Å². The molecule has 11 heteroatoms. The molecule has 0 spiro atoms. The van der Waals surface area contributed by atoms with Crippen LogP contribution in [0.5, 0.6) is 5.75 Å². The summed E-state index contributed by atoms with van der Waals surface area (Å²) in [5.41, 5.74) is 5.29. The maximum Gasteiger partial charge on any atom is 0.275 e. The minimum Gasteiger partial charge on any atom is -0.487 e. The molecule has 2 aliphatic heterocycles. The summed E-state index contributed by atoms with van der Waals surface area (Å²) in [6, 6.07) is 1.07. The molecule has 1 atom stereocenters. The number of ether oxygens (including phenoxy) is 1. The molecule has 0 unspecified atom stereocenters. The van der Waals surface area contributed by atoms with Gasteiger partial charge in [0.05, 0.1) is 23.1 Å². The number of benzene rings is 1. The largest absolute Gasteiger partial charge is 0.487 e. The number of carbonyl (C=O) groups is 1. The van der Waals surface area contributed by atoms with Crippen LogP contribution in [0.4, 0.5) is 15.9 Å². The Bertz CT molecular complexity index is 1270. The zero-order valence-electron chi connectivity index (χ0n) is 18.3. The number of hydrogen-bond acceptors (Lipinski definition) is 8. The molecule has 33 heavy (non-hydrogen) atoms. The number of aromatic nitrogens is 3. The Balaban J connectivity index is 1.58. The fourth-order valence-corrected chi connectivity index (χ4v) is 4.25. The van der Waals surface area contributed by atoms with Crippen molar-refractivity contribution in [1.29, 1.82) is 0 Å². The van der Waals surface area contributed by atoms with E-state index >= 15 is 4.39 Å². The first-order chi connectivity index (χ1) is 15.9. The predicted octanol–water partition coefficient (Wildman–Crippen LogP) is 1.39. The van der Waals surface area contributed by atoms with E-state index in [1.807, 2.05) is 23.4 Å². The van der Waals surface area contributed by atoms with Gasteiger partial charge in [-0.15, -0.1) is 0 Å². The third-order valence-electron chi connectivity index (χ3n) is 6.07. The molecule has 1 fully saturated rings. The fourth-order valence-electron chi connectivity index (χ4n) is 4.25. The average Bonchev–Trinajstić information content (AvgIpc) is 2.82. The van der Waals surface area contributed by atoms with Crippen molar-refractivity contribution >= 4 is 28.3 Å². The molecular formula is C22H24FN7O3. The van der Waals surface area contributed by atoms with Crippen LogP contribution < -0.4 is 25.9 Å². The number of nitrogens with one attached hydrogen (secondary N) is 2. The molecule has 0 aliphatic carbocycles. The van der Waals surface area contributed by atoms with Crippen molar-refractivity contribution in [3.8, 4) is 5.75 Å². The molecule has 1 amide bonds. The molecule has 172 valence electrons. The van der Waals surface area contributed by atoms with Gasteiger partial charge in [-0.1, -0.05) is 0 Å². The van der Waals surface area contributed by atoms with Gasteiger partial charge in [-0.05, 0) is 20.0 Å². The average molecular weight is 453 g/mol. The predicted molar refractivity (Wildman–Crippen MR) is 121 cm³/mol. The molecule has 0 bridgehead atoms. The molecule has 2 N–H and O–H groups in total. The van der Waals surface area contributed by atoms with Crippen LogP contribution in [0.3, 0.4) is 0 Å². The van der Waals surface area contributed by atoms with Crippen LogP contribution in [-0.2, 0) is 0 Å². The van der Waals surface area contributed by atoms with Gasteiger partial charge >= 0.3 is 0 Å². The topological polar surface area (TPSA) is 105 Å². The normalized spacial score (nSPS) is 18.2. The van der Waals surface area contributed by atoms with Crippen molar-refractivity contribution in [2.45, 2.75) is 13.0 Å². The summed E-state index contributed by atoms with van der Waals surface area (Å²) in [6.45, 7) is 5.14. The molecule has 1 aromatic carbocycles. The second-order valence-corrected chi connectivity index (χ2v) is 8.33. The van der Waals surface area contributed by atoms with Gasteiger partial charge in [0, 0.05) is 44.8 Å². The van der Waals surface area contributed by atoms with E-state index in [0.29, 0.717) is 42.5 Å². The van der Waals surface area contributed by atoms with Gasteiger partial charge in [-0.3, -0.25) is 25.4 Å². The number of carbonyl (C=O) groups excluding carboxylic acids is 1. The van der Waals surface area contributed by atoms with E-state index in [0.717, 1.165) is 13.1 Å². The minimum atomic E-state index is -0.653. The molecular weight excluding hydrogens is 429 g/mol. The van der Waals surface area contributed by atoms with Gasteiger partial charge in [0.2, 0.25) is 5.43 Å². The van der Waals surface area contributed by atoms with E-state index in [4.69, 9.17) is 4.74 Å². The number of amides is 1. The molecule has 0 radical (unpaired) electrons. The number of likely N-dealkylation sites (N-methyl/N-ethyl adjacent to an activating group) is 1. The maximum absolute atomic E-state index is 15.4. The van der Waals surface area contributed by atoms with Crippen molar-refractivity contribution in [2.24, 2.45) is 0 Å². The quantitative estimate of drug-likeness (QED) is 0.572. The van der Waals surface area contributed by atoms with Crippen LogP contribution in [-0.4, -0.2) is 65.2 Å². The van der Waals surface area contributed by atoms with E-state index in [-0.39, 0.29) is 17.0 Å². The molecule has 2 aliphatic rings. The molecule has 10 nitrogen and oxygen atoms in total. The monoisotopic (exact) mass is 453 g/mol. The Morgan fingerprint density at radius 3 is 2.76 bits per heavy atom. The summed E-state index contributed by atoms with van der Waals surface area (Å²) in [7, 11) is 2.03. The zero-order chi connectivity index (χ0) is 23.1. The third kappa shape index (κ3) is 3.74. The van der Waals surface area contributed by atoms with Crippen LogP contribution in [0, 0.1) is 5.82 Å². The number of anilines is 2. The minimum absolute atomic E-state index is 0.106. The highest BCUT2D eigenvalue weighted by molar-refractivity contribution is 6.00. The van der Waals surface area contributed by atoms with Crippen molar-refractivity contribution in [2.75, 3.05) is 50.2 Å². The molecule has 3 aromatic rings. The number of hydrogen-bond donors (Lipinski definition) is 2. The van der Waals surface area contributed by atoms with Crippen LogP contribution in [0.2, 0.25) is 0 Å². The zero-order valence-corrected chi connectivity index (χ0v) is 18.3. The lowest BCUT2D eigenvalue weighted by Crippen LogP contribution is -2.45. The number of hydrazine groups is 1. The SMILES string of the molecule is C[C@H]1COc2c(N3CCN(C)CC3)c(F)cc3c(=O)c(C(=O)NNc4cnccn4)cn1c23. The number of piperazine rings is 1. The standard InChI is InChI=1S/C22H24FN7O3/c1-13-12-33-21-18-14(9-16(23)19(21)29-7-5-28(2)6-8-29)20(31)15(11-30(13)18)22(32)27-26-17-10-24-3-4-25-17/h3-4,9-11,13H,5-8,12H2,1-2H3,(H,25,26)(H,27,32)/t13-/m0/s1.